The molecule has 0 aromatic carbocycles. The van der Waals surface area contributed by atoms with Crippen LogP contribution in [0.3, 0.4) is 0 Å². The van der Waals surface area contributed by atoms with E-state index in [2.05, 4.69) is 34.5 Å². The number of nitrogens with zero attached hydrogens (tertiary/aromatic N) is 3. The minimum Gasteiger partial charge on any atom is -0.356 e. The second-order valence-electron chi connectivity index (χ2n) is 6.70. The molecule has 0 aliphatic carbocycles. The van der Waals surface area contributed by atoms with E-state index >= 15 is 0 Å². The van der Waals surface area contributed by atoms with Crippen molar-refractivity contribution in [3.8, 4) is 0 Å². The molecule has 2 amide bonds. The van der Waals surface area contributed by atoms with E-state index in [1.165, 1.54) is 0 Å². The summed E-state index contributed by atoms with van der Waals surface area (Å²) in [5.41, 5.74) is 0. The minimum absolute atomic E-state index is 0.0308. The van der Waals surface area contributed by atoms with Crippen LogP contribution in [-0.2, 0) is 16.1 Å². The number of rotatable bonds is 9. The molecule has 1 aromatic heterocycles. The Morgan fingerprint density at radius 3 is 3.00 bits per heavy atom. The maximum Gasteiger partial charge on any atom is 0.237 e. The molecule has 1 aliphatic rings. The fourth-order valence-corrected chi connectivity index (χ4v) is 2.82. The number of hydrogen-bond acceptors (Lipinski definition) is 4. The van der Waals surface area contributed by atoms with Gasteiger partial charge in [-0.1, -0.05) is 13.8 Å². The van der Waals surface area contributed by atoms with Crippen LogP contribution in [0.15, 0.2) is 18.5 Å². The summed E-state index contributed by atoms with van der Waals surface area (Å²) in [4.78, 5) is 26.4. The van der Waals surface area contributed by atoms with Crippen molar-refractivity contribution in [2.75, 3.05) is 26.2 Å². The lowest BCUT2D eigenvalue weighted by Crippen LogP contribution is -2.56. The van der Waals surface area contributed by atoms with Crippen LogP contribution in [0.5, 0.6) is 0 Å². The SMILES string of the molecule is CC(C)CCN1CCNC(=O)C1CC(=O)NCCCn1cccn1. The van der Waals surface area contributed by atoms with Crippen molar-refractivity contribution >= 4 is 11.8 Å². The maximum atomic E-state index is 12.2. The van der Waals surface area contributed by atoms with Gasteiger partial charge in [0.25, 0.3) is 0 Å². The molecule has 134 valence electrons. The topological polar surface area (TPSA) is 79.3 Å². The smallest absolute Gasteiger partial charge is 0.237 e. The van der Waals surface area contributed by atoms with Gasteiger partial charge in [-0.05, 0) is 31.4 Å². The summed E-state index contributed by atoms with van der Waals surface area (Å²) < 4.78 is 1.84. The number of aromatic nitrogens is 2. The number of piperazine rings is 1. The van der Waals surface area contributed by atoms with Crippen LogP contribution >= 0.6 is 0 Å². The highest BCUT2D eigenvalue weighted by atomic mass is 16.2. The molecule has 7 nitrogen and oxygen atoms in total. The van der Waals surface area contributed by atoms with Crippen molar-refractivity contribution in [3.05, 3.63) is 18.5 Å². The Morgan fingerprint density at radius 1 is 1.46 bits per heavy atom. The number of carbonyl (C=O) groups excluding carboxylic acids is 2. The zero-order chi connectivity index (χ0) is 17.4. The van der Waals surface area contributed by atoms with E-state index in [0.717, 1.165) is 32.5 Å². The summed E-state index contributed by atoms with van der Waals surface area (Å²) in [6, 6.07) is 1.54. The summed E-state index contributed by atoms with van der Waals surface area (Å²) >= 11 is 0. The Balaban J connectivity index is 1.73. The third-order valence-electron chi connectivity index (χ3n) is 4.26. The molecule has 24 heavy (non-hydrogen) atoms. The van der Waals surface area contributed by atoms with Crippen molar-refractivity contribution in [2.24, 2.45) is 5.92 Å². The molecule has 2 N–H and O–H groups in total. The van der Waals surface area contributed by atoms with E-state index in [-0.39, 0.29) is 24.3 Å². The number of nitrogens with one attached hydrogen (secondary N) is 2. The van der Waals surface area contributed by atoms with E-state index in [0.29, 0.717) is 19.0 Å². The lowest BCUT2D eigenvalue weighted by molar-refractivity contribution is -0.134. The third kappa shape index (κ3) is 5.96. The molecule has 1 aromatic rings. The van der Waals surface area contributed by atoms with Crippen molar-refractivity contribution < 1.29 is 9.59 Å². The molecule has 2 heterocycles. The van der Waals surface area contributed by atoms with Crippen LogP contribution in [0.1, 0.15) is 33.1 Å². The lowest BCUT2D eigenvalue weighted by Gasteiger charge is -2.35. The van der Waals surface area contributed by atoms with Gasteiger partial charge in [-0.15, -0.1) is 0 Å². The molecular formula is C17H29N5O2. The fraction of sp³-hybridized carbons (Fsp3) is 0.706. The quantitative estimate of drug-likeness (QED) is 0.649. The molecule has 0 radical (unpaired) electrons. The van der Waals surface area contributed by atoms with E-state index in [9.17, 15) is 9.59 Å². The average Bonchev–Trinajstić information content (AvgIpc) is 3.05. The largest absolute Gasteiger partial charge is 0.356 e. The highest BCUT2D eigenvalue weighted by Gasteiger charge is 2.31. The standard InChI is InChI=1S/C17H29N5O2/c1-14(2)5-11-21-12-8-19-17(24)15(21)13-16(23)18-6-3-9-22-10-4-7-20-22/h4,7,10,14-15H,3,5-6,8-9,11-13H2,1-2H3,(H,18,23)(H,19,24). The molecule has 1 aliphatic heterocycles. The van der Waals surface area contributed by atoms with E-state index in [1.807, 2.05) is 16.9 Å². The molecule has 7 heteroatoms. The van der Waals surface area contributed by atoms with Gasteiger partial charge in [0.1, 0.15) is 0 Å². The molecule has 0 saturated carbocycles. The Hall–Kier alpha value is -1.89. The molecule has 0 bridgehead atoms. The normalized spacial score (nSPS) is 18.6. The molecule has 1 unspecified atom stereocenters. The first kappa shape index (κ1) is 18.4. The van der Waals surface area contributed by atoms with Crippen LogP contribution in [0, 0.1) is 5.92 Å². The number of amides is 2. The fourth-order valence-electron chi connectivity index (χ4n) is 2.82. The van der Waals surface area contributed by atoms with Crippen molar-refractivity contribution in [2.45, 2.75) is 45.7 Å². The van der Waals surface area contributed by atoms with Gasteiger partial charge in [0.15, 0.2) is 0 Å². The number of aryl methyl sites for hydroxylation is 1. The predicted molar refractivity (Wildman–Crippen MR) is 92.3 cm³/mol. The Labute approximate surface area is 143 Å². The summed E-state index contributed by atoms with van der Waals surface area (Å²) in [7, 11) is 0. The third-order valence-corrected chi connectivity index (χ3v) is 4.26. The van der Waals surface area contributed by atoms with Gasteiger partial charge in [-0.2, -0.15) is 5.10 Å². The van der Waals surface area contributed by atoms with Crippen molar-refractivity contribution in [3.63, 3.8) is 0 Å². The zero-order valence-electron chi connectivity index (χ0n) is 14.7. The van der Waals surface area contributed by atoms with Crippen LogP contribution < -0.4 is 10.6 Å². The first-order valence-corrected chi connectivity index (χ1v) is 8.82. The summed E-state index contributed by atoms with van der Waals surface area (Å²) in [5.74, 6) is 0.496. The summed E-state index contributed by atoms with van der Waals surface area (Å²) in [6.07, 6.45) is 5.73. The first-order valence-electron chi connectivity index (χ1n) is 8.82. The van der Waals surface area contributed by atoms with Crippen molar-refractivity contribution in [1.82, 2.24) is 25.3 Å². The van der Waals surface area contributed by atoms with Crippen LogP contribution in [-0.4, -0.2) is 58.7 Å². The van der Waals surface area contributed by atoms with Crippen LogP contribution in [0.4, 0.5) is 0 Å². The molecule has 2 rings (SSSR count). The van der Waals surface area contributed by atoms with Crippen molar-refractivity contribution in [1.29, 1.82) is 0 Å². The molecule has 0 spiro atoms. The van der Waals surface area contributed by atoms with Gasteiger partial charge in [0.2, 0.25) is 11.8 Å². The number of hydrogen-bond donors (Lipinski definition) is 2. The molecule has 1 atom stereocenters. The highest BCUT2D eigenvalue weighted by molar-refractivity contribution is 5.88. The minimum atomic E-state index is -0.344. The van der Waals surface area contributed by atoms with Gasteiger partial charge in [-0.3, -0.25) is 19.2 Å². The van der Waals surface area contributed by atoms with Gasteiger partial charge in [0.05, 0.1) is 12.5 Å². The summed E-state index contributed by atoms with van der Waals surface area (Å²) in [6.45, 7) is 8.06. The first-order chi connectivity index (χ1) is 11.6. The molecule has 1 saturated heterocycles. The lowest BCUT2D eigenvalue weighted by atomic mass is 10.1. The van der Waals surface area contributed by atoms with Gasteiger partial charge < -0.3 is 10.6 Å². The van der Waals surface area contributed by atoms with Gasteiger partial charge in [0, 0.05) is 38.6 Å². The van der Waals surface area contributed by atoms with Crippen LogP contribution in [0.2, 0.25) is 0 Å². The Morgan fingerprint density at radius 2 is 2.29 bits per heavy atom. The molecular weight excluding hydrogens is 306 g/mol. The van der Waals surface area contributed by atoms with Crippen LogP contribution in [0.25, 0.3) is 0 Å². The second kappa shape index (κ2) is 9.42. The summed E-state index contributed by atoms with van der Waals surface area (Å²) in [5, 5.41) is 9.91. The average molecular weight is 335 g/mol. The van der Waals surface area contributed by atoms with Gasteiger partial charge >= 0.3 is 0 Å². The highest BCUT2D eigenvalue weighted by Crippen LogP contribution is 2.12. The molecule has 1 fully saturated rings. The van der Waals surface area contributed by atoms with Gasteiger partial charge in [-0.25, -0.2) is 0 Å². The van der Waals surface area contributed by atoms with E-state index < -0.39 is 0 Å². The Kier molecular flexibility index (Phi) is 7.24. The zero-order valence-corrected chi connectivity index (χ0v) is 14.7. The Bertz CT molecular complexity index is 515. The number of carbonyl (C=O) groups is 2. The maximum absolute atomic E-state index is 12.2. The van der Waals surface area contributed by atoms with E-state index in [1.54, 1.807) is 6.20 Å². The second-order valence-corrected chi connectivity index (χ2v) is 6.70. The predicted octanol–water partition coefficient (Wildman–Crippen LogP) is 0.626. The van der Waals surface area contributed by atoms with E-state index in [4.69, 9.17) is 0 Å². The monoisotopic (exact) mass is 335 g/mol.